The van der Waals surface area contributed by atoms with E-state index >= 15 is 0 Å². The van der Waals surface area contributed by atoms with Gasteiger partial charge in [-0.2, -0.15) is 5.10 Å². The SMILES string of the molecule is COc1cc(C=NNC(=O)c2cc3ccccc3cc2O)ccc1OCc1ccc(C(=O)O)cc1. The van der Waals surface area contributed by atoms with Crippen LogP contribution in [0, 0.1) is 0 Å². The lowest BCUT2D eigenvalue weighted by Crippen LogP contribution is -2.17. The Morgan fingerprint density at radius 2 is 1.66 bits per heavy atom. The smallest absolute Gasteiger partial charge is 0.335 e. The Morgan fingerprint density at radius 3 is 2.34 bits per heavy atom. The number of nitrogens with one attached hydrogen (secondary N) is 1. The Labute approximate surface area is 201 Å². The number of aromatic carboxylic acids is 1. The summed E-state index contributed by atoms with van der Waals surface area (Å²) in [6.07, 6.45) is 1.45. The van der Waals surface area contributed by atoms with Gasteiger partial charge in [-0.15, -0.1) is 0 Å². The molecule has 4 aromatic carbocycles. The van der Waals surface area contributed by atoms with Crippen molar-refractivity contribution in [2.45, 2.75) is 6.61 Å². The molecular weight excluding hydrogens is 448 g/mol. The molecule has 8 nitrogen and oxygen atoms in total. The average molecular weight is 470 g/mol. The number of nitrogens with zero attached hydrogens (tertiary/aromatic N) is 1. The van der Waals surface area contributed by atoms with Gasteiger partial charge in [-0.05, 0) is 64.4 Å². The highest BCUT2D eigenvalue weighted by molar-refractivity contribution is 6.01. The van der Waals surface area contributed by atoms with E-state index in [1.807, 2.05) is 24.3 Å². The van der Waals surface area contributed by atoms with E-state index in [0.29, 0.717) is 17.1 Å². The number of phenols is 1. The highest BCUT2D eigenvalue weighted by Crippen LogP contribution is 2.28. The first-order chi connectivity index (χ1) is 16.9. The number of rotatable bonds is 8. The zero-order valence-electron chi connectivity index (χ0n) is 18.8. The van der Waals surface area contributed by atoms with Gasteiger partial charge in [0.15, 0.2) is 11.5 Å². The minimum Gasteiger partial charge on any atom is -0.507 e. The lowest BCUT2D eigenvalue weighted by Gasteiger charge is -2.11. The minimum absolute atomic E-state index is 0.124. The molecule has 0 spiro atoms. The van der Waals surface area contributed by atoms with Gasteiger partial charge in [-0.1, -0.05) is 36.4 Å². The molecule has 0 aliphatic rings. The predicted octanol–water partition coefficient (Wildman–Crippen LogP) is 4.60. The largest absolute Gasteiger partial charge is 0.507 e. The lowest BCUT2D eigenvalue weighted by molar-refractivity contribution is 0.0696. The van der Waals surface area contributed by atoms with Gasteiger partial charge < -0.3 is 19.7 Å². The van der Waals surface area contributed by atoms with Gasteiger partial charge in [0.25, 0.3) is 5.91 Å². The van der Waals surface area contributed by atoms with Gasteiger partial charge in [-0.25, -0.2) is 10.2 Å². The zero-order valence-corrected chi connectivity index (χ0v) is 18.8. The van der Waals surface area contributed by atoms with Crippen molar-refractivity contribution in [3.8, 4) is 17.2 Å². The maximum absolute atomic E-state index is 12.5. The second kappa shape index (κ2) is 10.4. The quantitative estimate of drug-likeness (QED) is 0.256. The summed E-state index contributed by atoms with van der Waals surface area (Å²) in [7, 11) is 1.51. The van der Waals surface area contributed by atoms with Gasteiger partial charge in [0, 0.05) is 0 Å². The molecule has 8 heteroatoms. The van der Waals surface area contributed by atoms with Crippen LogP contribution in [0.25, 0.3) is 10.8 Å². The number of hydrogen-bond acceptors (Lipinski definition) is 6. The molecule has 1 amide bonds. The number of carbonyl (C=O) groups excluding carboxylic acids is 1. The molecule has 0 radical (unpaired) electrons. The summed E-state index contributed by atoms with van der Waals surface area (Å²) < 4.78 is 11.2. The Hall–Kier alpha value is -4.85. The van der Waals surface area contributed by atoms with E-state index in [1.165, 1.54) is 31.5 Å². The molecule has 0 aliphatic carbocycles. The number of ether oxygens (including phenoxy) is 2. The highest BCUT2D eigenvalue weighted by atomic mass is 16.5. The molecular formula is C27H22N2O6. The number of hydrogen-bond donors (Lipinski definition) is 3. The van der Waals surface area contributed by atoms with Crippen LogP contribution in [0.4, 0.5) is 0 Å². The van der Waals surface area contributed by atoms with E-state index in [4.69, 9.17) is 14.6 Å². The van der Waals surface area contributed by atoms with Crippen molar-refractivity contribution in [3.05, 3.63) is 101 Å². The van der Waals surface area contributed by atoms with E-state index < -0.39 is 11.9 Å². The Kier molecular flexibility index (Phi) is 6.92. The summed E-state index contributed by atoms with van der Waals surface area (Å²) in [6.45, 7) is 0.231. The number of carboxylic acids is 1. The topological polar surface area (TPSA) is 117 Å². The number of benzene rings is 4. The Bertz CT molecular complexity index is 1410. The van der Waals surface area contributed by atoms with E-state index in [9.17, 15) is 14.7 Å². The molecule has 0 atom stereocenters. The molecule has 0 fully saturated rings. The van der Waals surface area contributed by atoms with E-state index in [1.54, 1.807) is 36.4 Å². The third-order valence-electron chi connectivity index (χ3n) is 5.27. The second-order valence-electron chi connectivity index (χ2n) is 7.62. The number of methoxy groups -OCH3 is 1. The van der Waals surface area contributed by atoms with Crippen molar-refractivity contribution in [3.63, 3.8) is 0 Å². The molecule has 0 aromatic heterocycles. The number of phenolic OH excluding ortho intramolecular Hbond substituents is 1. The number of amides is 1. The van der Waals surface area contributed by atoms with Crippen molar-refractivity contribution in [2.75, 3.05) is 7.11 Å². The van der Waals surface area contributed by atoms with Crippen LogP contribution in [0.15, 0.2) is 84.0 Å². The van der Waals surface area contributed by atoms with Crippen LogP contribution in [0.2, 0.25) is 0 Å². The second-order valence-corrected chi connectivity index (χ2v) is 7.62. The van der Waals surface area contributed by atoms with E-state index in [-0.39, 0.29) is 23.5 Å². The van der Waals surface area contributed by atoms with E-state index in [2.05, 4.69) is 10.5 Å². The standard InChI is InChI=1S/C27H22N2O6/c1-34-25-12-18(8-11-24(25)35-16-17-6-9-19(10-7-17)27(32)33)15-28-29-26(31)22-13-20-4-2-3-5-21(20)14-23(22)30/h2-15,30H,16H2,1H3,(H,29,31)(H,32,33). The van der Waals surface area contributed by atoms with Crippen LogP contribution >= 0.6 is 0 Å². The third-order valence-corrected chi connectivity index (χ3v) is 5.27. The molecule has 0 aliphatic heterocycles. The lowest BCUT2D eigenvalue weighted by atomic mass is 10.1. The minimum atomic E-state index is -0.985. The van der Waals surface area contributed by atoms with Crippen LogP contribution in [-0.4, -0.2) is 35.4 Å². The first kappa shape index (κ1) is 23.3. The van der Waals surface area contributed by atoms with Crippen molar-refractivity contribution < 1.29 is 29.3 Å². The summed E-state index contributed by atoms with van der Waals surface area (Å²) in [5.74, 6) is -0.684. The van der Waals surface area contributed by atoms with Crippen LogP contribution in [0.1, 0.15) is 31.8 Å². The summed E-state index contributed by atoms with van der Waals surface area (Å²) in [6, 6.07) is 22.1. The number of carbonyl (C=O) groups is 2. The number of fused-ring (bicyclic) bond motifs is 1. The van der Waals surface area contributed by atoms with Crippen LogP contribution in [0.5, 0.6) is 17.2 Å². The molecule has 0 heterocycles. The average Bonchev–Trinajstić information content (AvgIpc) is 2.87. The van der Waals surface area contributed by atoms with Gasteiger partial charge in [-0.3, -0.25) is 4.79 Å². The predicted molar refractivity (Wildman–Crippen MR) is 131 cm³/mol. The van der Waals surface area contributed by atoms with Crippen molar-refractivity contribution in [2.24, 2.45) is 5.10 Å². The number of carboxylic acid groups (broad SMARTS) is 1. The highest BCUT2D eigenvalue weighted by Gasteiger charge is 2.12. The number of aromatic hydroxyl groups is 1. The third kappa shape index (κ3) is 5.56. The first-order valence-corrected chi connectivity index (χ1v) is 10.6. The van der Waals surface area contributed by atoms with E-state index in [0.717, 1.165) is 16.3 Å². The Morgan fingerprint density at radius 1 is 0.943 bits per heavy atom. The van der Waals surface area contributed by atoms with Gasteiger partial charge in [0.1, 0.15) is 12.4 Å². The monoisotopic (exact) mass is 470 g/mol. The van der Waals surface area contributed by atoms with Gasteiger partial charge in [0.2, 0.25) is 0 Å². The summed E-state index contributed by atoms with van der Waals surface area (Å²) in [5.41, 5.74) is 4.21. The fourth-order valence-corrected chi connectivity index (χ4v) is 3.42. The normalized spacial score (nSPS) is 10.9. The maximum Gasteiger partial charge on any atom is 0.335 e. The van der Waals surface area contributed by atoms with Gasteiger partial charge in [0.05, 0.1) is 24.5 Å². The van der Waals surface area contributed by atoms with Crippen LogP contribution in [0.3, 0.4) is 0 Å². The molecule has 0 saturated heterocycles. The molecule has 0 saturated carbocycles. The molecule has 0 bridgehead atoms. The summed E-state index contributed by atoms with van der Waals surface area (Å²) in [4.78, 5) is 23.5. The van der Waals surface area contributed by atoms with Crippen LogP contribution < -0.4 is 14.9 Å². The van der Waals surface area contributed by atoms with Crippen molar-refractivity contribution in [1.82, 2.24) is 5.43 Å². The molecule has 3 N–H and O–H groups in total. The van der Waals surface area contributed by atoms with Gasteiger partial charge >= 0.3 is 5.97 Å². The van der Waals surface area contributed by atoms with Crippen LogP contribution in [-0.2, 0) is 6.61 Å². The summed E-state index contributed by atoms with van der Waals surface area (Å²) in [5, 5.41) is 24.8. The fraction of sp³-hybridized carbons (Fsp3) is 0.0741. The molecule has 0 unspecified atom stereocenters. The molecule has 4 aromatic rings. The van der Waals surface area contributed by atoms with Crippen molar-refractivity contribution >= 4 is 28.9 Å². The number of hydrazone groups is 1. The molecule has 176 valence electrons. The van der Waals surface area contributed by atoms with Crippen molar-refractivity contribution in [1.29, 1.82) is 0 Å². The zero-order chi connectivity index (χ0) is 24.8. The fourth-order valence-electron chi connectivity index (χ4n) is 3.42. The Balaban J connectivity index is 1.40. The summed E-state index contributed by atoms with van der Waals surface area (Å²) >= 11 is 0. The molecule has 4 rings (SSSR count). The molecule has 35 heavy (non-hydrogen) atoms. The maximum atomic E-state index is 12.5. The first-order valence-electron chi connectivity index (χ1n) is 10.6.